The van der Waals surface area contributed by atoms with Gasteiger partial charge in [0, 0.05) is 5.41 Å². The van der Waals surface area contributed by atoms with Crippen LogP contribution in [0.5, 0.6) is 0 Å². The average molecular weight is 330 g/mol. The predicted octanol–water partition coefficient (Wildman–Crippen LogP) is 3.95. The van der Waals surface area contributed by atoms with E-state index >= 15 is 0 Å². The molecule has 0 saturated carbocycles. The molecular weight excluding hydrogens is 314 g/mol. The van der Waals surface area contributed by atoms with Crippen LogP contribution in [-0.4, -0.2) is 30.1 Å². The van der Waals surface area contributed by atoms with Crippen LogP contribution < -0.4 is 0 Å². The number of alkyl halides is 6. The lowest BCUT2D eigenvalue weighted by molar-refractivity contribution is -0.323. The van der Waals surface area contributed by atoms with E-state index in [0.29, 0.717) is 0 Å². The van der Waals surface area contributed by atoms with E-state index in [-0.39, 0.29) is 0 Å². The van der Waals surface area contributed by atoms with Crippen LogP contribution in [0, 0.1) is 5.41 Å². The monoisotopic (exact) mass is 330 g/mol. The molecule has 0 atom stereocenters. The van der Waals surface area contributed by atoms with Crippen molar-refractivity contribution in [2.45, 2.75) is 57.1 Å². The molecule has 0 unspecified atom stereocenters. The van der Waals surface area contributed by atoms with Crippen LogP contribution >= 0.6 is 0 Å². The van der Waals surface area contributed by atoms with Crippen molar-refractivity contribution in [3.8, 4) is 0 Å². The molecule has 0 aliphatic carbocycles. The summed E-state index contributed by atoms with van der Waals surface area (Å²) in [7, 11) is -6.69. The number of hydrogen-bond donors (Lipinski definition) is 1. The highest BCUT2D eigenvalue weighted by Gasteiger charge is 2.81. The Morgan fingerprint density at radius 1 is 0.800 bits per heavy atom. The minimum Gasteiger partial charge on any atom is -0.281 e. The molecule has 0 aromatic rings. The molecule has 0 aromatic carbocycles. The molecule has 0 heterocycles. The summed E-state index contributed by atoms with van der Waals surface area (Å²) in [5, 5.41) is -6.28. The van der Waals surface area contributed by atoms with Gasteiger partial charge in [-0.3, -0.25) is 4.55 Å². The largest absolute Gasteiger partial charge is 0.437 e. The summed E-state index contributed by atoms with van der Waals surface area (Å²) < 4.78 is 110. The zero-order chi connectivity index (χ0) is 16.6. The quantitative estimate of drug-likeness (QED) is 0.568. The summed E-state index contributed by atoms with van der Waals surface area (Å²) in [6.07, 6.45) is -1.70. The van der Waals surface area contributed by atoms with Crippen molar-refractivity contribution in [1.29, 1.82) is 0 Å². The van der Waals surface area contributed by atoms with E-state index in [1.165, 1.54) is 0 Å². The third-order valence-electron chi connectivity index (χ3n) is 3.78. The smallest absolute Gasteiger partial charge is 0.281 e. The number of halogens is 6. The zero-order valence-corrected chi connectivity index (χ0v) is 11.9. The highest BCUT2D eigenvalue weighted by atomic mass is 32.2. The molecular formula is C10H16F6O3S. The molecule has 0 aromatic heterocycles. The van der Waals surface area contributed by atoms with Crippen molar-refractivity contribution >= 4 is 10.1 Å². The lowest BCUT2D eigenvalue weighted by Gasteiger charge is -2.43. The van der Waals surface area contributed by atoms with E-state index in [2.05, 4.69) is 0 Å². The lowest BCUT2D eigenvalue weighted by Crippen LogP contribution is -2.63. The maximum absolute atomic E-state index is 13.9. The van der Waals surface area contributed by atoms with E-state index in [4.69, 9.17) is 4.55 Å². The Balaban J connectivity index is 6.18. The predicted molar refractivity (Wildman–Crippen MR) is 59.7 cm³/mol. The van der Waals surface area contributed by atoms with Crippen molar-refractivity contribution in [2.75, 3.05) is 0 Å². The van der Waals surface area contributed by atoms with Crippen molar-refractivity contribution in [3.63, 3.8) is 0 Å². The number of rotatable bonds is 7. The lowest BCUT2D eigenvalue weighted by atomic mass is 9.71. The van der Waals surface area contributed by atoms with Gasteiger partial charge in [0.15, 0.2) is 0 Å². The molecule has 0 fully saturated rings. The highest BCUT2D eigenvalue weighted by molar-refractivity contribution is 7.87. The first-order chi connectivity index (χ1) is 8.68. The van der Waals surface area contributed by atoms with Crippen LogP contribution in [0.25, 0.3) is 0 Å². The molecule has 0 aliphatic heterocycles. The van der Waals surface area contributed by atoms with Gasteiger partial charge in [-0.25, -0.2) is 0 Å². The molecule has 1 N–H and O–H groups in total. The zero-order valence-electron chi connectivity index (χ0n) is 11.1. The Morgan fingerprint density at radius 2 is 1.10 bits per heavy atom. The normalized spacial score (nSPS) is 15.5. The standard InChI is InChI=1S/C10H16F6O3S/c1-4-7(5-2,6-3)8(11,12)9(13,14)10(15,16)20(17,18)19/h4-6H2,1-3H3,(H,17,18,19). The van der Waals surface area contributed by atoms with Crippen LogP contribution in [0.3, 0.4) is 0 Å². The summed E-state index contributed by atoms with van der Waals surface area (Å²) in [4.78, 5) is 0. The third-order valence-corrected chi connectivity index (χ3v) is 4.68. The summed E-state index contributed by atoms with van der Waals surface area (Å²) in [6, 6.07) is 0. The molecule has 0 bridgehead atoms. The van der Waals surface area contributed by atoms with Crippen molar-refractivity contribution in [3.05, 3.63) is 0 Å². The maximum Gasteiger partial charge on any atom is 0.437 e. The van der Waals surface area contributed by atoms with Crippen molar-refractivity contribution < 1.29 is 39.3 Å². The molecule has 20 heavy (non-hydrogen) atoms. The fraction of sp³-hybridized carbons (Fsp3) is 1.00. The van der Waals surface area contributed by atoms with Gasteiger partial charge in [0.1, 0.15) is 0 Å². The molecule has 0 amide bonds. The van der Waals surface area contributed by atoms with Gasteiger partial charge < -0.3 is 0 Å². The first kappa shape index (κ1) is 19.5. The maximum atomic E-state index is 13.9. The molecule has 0 aliphatic rings. The van der Waals surface area contributed by atoms with Gasteiger partial charge >= 0.3 is 27.2 Å². The highest BCUT2D eigenvalue weighted by Crippen LogP contribution is 2.58. The van der Waals surface area contributed by atoms with Gasteiger partial charge in [0.2, 0.25) is 0 Å². The molecule has 3 nitrogen and oxygen atoms in total. The van der Waals surface area contributed by atoms with Crippen LogP contribution in [0.15, 0.2) is 0 Å². The second-order valence-corrected chi connectivity index (χ2v) is 5.94. The van der Waals surface area contributed by atoms with E-state index in [1.54, 1.807) is 0 Å². The van der Waals surface area contributed by atoms with Crippen LogP contribution in [0.4, 0.5) is 26.3 Å². The van der Waals surface area contributed by atoms with Gasteiger partial charge in [-0.2, -0.15) is 34.8 Å². The minimum atomic E-state index is -6.69. The Morgan fingerprint density at radius 3 is 1.30 bits per heavy atom. The molecule has 0 saturated heterocycles. The summed E-state index contributed by atoms with van der Waals surface area (Å²) >= 11 is 0. The Bertz CT molecular complexity index is 434. The summed E-state index contributed by atoms with van der Waals surface area (Å²) in [5.74, 6) is -11.6. The van der Waals surface area contributed by atoms with E-state index < -0.39 is 51.9 Å². The molecule has 0 radical (unpaired) electrons. The van der Waals surface area contributed by atoms with Gasteiger partial charge in [-0.05, 0) is 19.3 Å². The Hall–Kier alpha value is -0.510. The Kier molecular flexibility index (Phi) is 5.22. The van der Waals surface area contributed by atoms with Crippen molar-refractivity contribution in [2.24, 2.45) is 5.41 Å². The molecule has 122 valence electrons. The first-order valence-corrected chi connectivity index (χ1v) is 7.23. The van der Waals surface area contributed by atoms with E-state index in [9.17, 15) is 34.8 Å². The topological polar surface area (TPSA) is 54.4 Å². The SMILES string of the molecule is CCC(CC)(CC)C(F)(F)C(F)(F)C(F)(F)S(=O)(=O)O. The average Bonchev–Trinajstić information content (AvgIpc) is 2.29. The second kappa shape index (κ2) is 5.36. The van der Waals surface area contributed by atoms with Crippen LogP contribution in [0.2, 0.25) is 0 Å². The second-order valence-electron chi connectivity index (χ2n) is 4.48. The van der Waals surface area contributed by atoms with Crippen molar-refractivity contribution in [1.82, 2.24) is 0 Å². The summed E-state index contributed by atoms with van der Waals surface area (Å²) in [5.41, 5.74) is -2.51. The van der Waals surface area contributed by atoms with Gasteiger partial charge in [-0.15, -0.1) is 0 Å². The van der Waals surface area contributed by atoms with Gasteiger partial charge in [0.05, 0.1) is 0 Å². The fourth-order valence-corrected chi connectivity index (χ4v) is 2.55. The Labute approximate surface area is 113 Å². The van der Waals surface area contributed by atoms with E-state index in [1.807, 2.05) is 0 Å². The third kappa shape index (κ3) is 2.40. The van der Waals surface area contributed by atoms with Crippen LogP contribution in [0.1, 0.15) is 40.0 Å². The van der Waals surface area contributed by atoms with Gasteiger partial charge in [0.25, 0.3) is 0 Å². The minimum absolute atomic E-state index is 0.565. The van der Waals surface area contributed by atoms with E-state index in [0.717, 1.165) is 20.8 Å². The fourth-order valence-electron chi connectivity index (χ4n) is 2.09. The molecule has 10 heteroatoms. The summed E-state index contributed by atoms with van der Waals surface area (Å²) in [6.45, 7) is 3.34. The molecule has 0 spiro atoms. The first-order valence-electron chi connectivity index (χ1n) is 5.79. The number of hydrogen-bond acceptors (Lipinski definition) is 2. The van der Waals surface area contributed by atoms with Crippen LogP contribution in [-0.2, 0) is 10.1 Å². The molecule has 0 rings (SSSR count). The van der Waals surface area contributed by atoms with Gasteiger partial charge in [-0.1, -0.05) is 20.8 Å².